The van der Waals surface area contributed by atoms with Gasteiger partial charge in [0.05, 0.1) is 5.56 Å². The van der Waals surface area contributed by atoms with Crippen molar-refractivity contribution in [2.45, 2.75) is 13.3 Å². The Morgan fingerprint density at radius 3 is 2.70 bits per heavy atom. The summed E-state index contributed by atoms with van der Waals surface area (Å²) in [4.78, 5) is 20.0. The monoisotopic (exact) mass is 334 g/mol. The molecule has 0 atom stereocenters. The minimum absolute atomic E-state index is 0.152. The first-order valence-electron chi connectivity index (χ1n) is 6.32. The molecule has 1 aromatic heterocycles. The third-order valence-corrected chi connectivity index (χ3v) is 3.02. The van der Waals surface area contributed by atoms with Crippen LogP contribution in [-0.4, -0.2) is 22.4 Å². The third kappa shape index (κ3) is 4.03. The van der Waals surface area contributed by atoms with Gasteiger partial charge in [0.15, 0.2) is 0 Å². The molecule has 2 rings (SSSR count). The fourth-order valence-electron chi connectivity index (χ4n) is 1.55. The molecular formula is C14H15BrN4O. The third-order valence-electron chi connectivity index (χ3n) is 2.53. The van der Waals surface area contributed by atoms with E-state index in [4.69, 9.17) is 0 Å². The van der Waals surface area contributed by atoms with Crippen LogP contribution in [0.2, 0.25) is 0 Å². The summed E-state index contributed by atoms with van der Waals surface area (Å²) in [6.07, 6.45) is 3.92. The summed E-state index contributed by atoms with van der Waals surface area (Å²) in [6, 6.07) is 7.69. The summed E-state index contributed by atoms with van der Waals surface area (Å²) < 4.78 is 0.970. The minimum atomic E-state index is -0.152. The molecule has 0 aliphatic carbocycles. The van der Waals surface area contributed by atoms with Crippen LogP contribution in [0, 0.1) is 0 Å². The molecule has 5 nitrogen and oxygen atoms in total. The lowest BCUT2D eigenvalue weighted by Crippen LogP contribution is -2.24. The summed E-state index contributed by atoms with van der Waals surface area (Å²) in [5.41, 5.74) is 1.33. The number of aromatic nitrogens is 2. The number of carbonyl (C=O) groups excluding carboxylic acids is 1. The van der Waals surface area contributed by atoms with E-state index >= 15 is 0 Å². The lowest BCUT2D eigenvalue weighted by atomic mass is 10.3. The zero-order valence-electron chi connectivity index (χ0n) is 11.1. The number of anilines is 2. The van der Waals surface area contributed by atoms with Crippen molar-refractivity contribution >= 4 is 33.5 Å². The zero-order chi connectivity index (χ0) is 14.4. The van der Waals surface area contributed by atoms with Gasteiger partial charge in [-0.05, 0) is 24.6 Å². The number of hydrogen-bond acceptors (Lipinski definition) is 4. The van der Waals surface area contributed by atoms with Gasteiger partial charge in [0.2, 0.25) is 5.95 Å². The largest absolute Gasteiger partial charge is 0.352 e. The Balaban J connectivity index is 2.03. The van der Waals surface area contributed by atoms with Crippen molar-refractivity contribution in [1.29, 1.82) is 0 Å². The Morgan fingerprint density at radius 2 is 2.05 bits per heavy atom. The number of benzene rings is 1. The molecule has 0 saturated carbocycles. The number of amides is 1. The van der Waals surface area contributed by atoms with Crippen LogP contribution < -0.4 is 10.6 Å². The molecule has 1 amide bonds. The van der Waals surface area contributed by atoms with Crippen LogP contribution in [0.15, 0.2) is 41.1 Å². The van der Waals surface area contributed by atoms with E-state index in [-0.39, 0.29) is 5.91 Å². The van der Waals surface area contributed by atoms with Crippen LogP contribution in [0.1, 0.15) is 23.7 Å². The summed E-state index contributed by atoms with van der Waals surface area (Å²) in [6.45, 7) is 2.65. The van der Waals surface area contributed by atoms with Crippen molar-refractivity contribution in [3.63, 3.8) is 0 Å². The first-order valence-corrected chi connectivity index (χ1v) is 7.11. The molecule has 1 heterocycles. The molecule has 0 aliphatic heterocycles. The SMILES string of the molecule is CCCNC(=O)c1cnc(Nc2cccc(Br)c2)nc1. The maximum atomic E-state index is 11.7. The summed E-state index contributed by atoms with van der Waals surface area (Å²) in [5.74, 6) is 0.302. The van der Waals surface area contributed by atoms with Gasteiger partial charge in [-0.3, -0.25) is 4.79 Å². The summed E-state index contributed by atoms with van der Waals surface area (Å²) >= 11 is 3.40. The lowest BCUT2D eigenvalue weighted by Gasteiger charge is -2.06. The number of nitrogens with zero attached hydrogens (tertiary/aromatic N) is 2. The molecule has 6 heteroatoms. The molecule has 0 unspecified atom stereocenters. The second-order valence-corrected chi connectivity index (χ2v) is 5.10. The number of carbonyl (C=O) groups is 1. The summed E-state index contributed by atoms with van der Waals surface area (Å²) in [5, 5.41) is 5.85. The Bertz CT molecular complexity index is 586. The quantitative estimate of drug-likeness (QED) is 0.881. The van der Waals surface area contributed by atoms with Crippen molar-refractivity contribution < 1.29 is 4.79 Å². The molecule has 104 valence electrons. The molecule has 20 heavy (non-hydrogen) atoms. The first-order chi connectivity index (χ1) is 9.69. The maximum Gasteiger partial charge on any atom is 0.254 e. The van der Waals surface area contributed by atoms with Crippen LogP contribution in [0.3, 0.4) is 0 Å². The van der Waals surface area contributed by atoms with Crippen LogP contribution in [0.4, 0.5) is 11.6 Å². The number of rotatable bonds is 5. The van der Waals surface area contributed by atoms with Crippen LogP contribution >= 0.6 is 15.9 Å². The van der Waals surface area contributed by atoms with Crippen molar-refractivity contribution in [2.24, 2.45) is 0 Å². The summed E-state index contributed by atoms with van der Waals surface area (Å²) in [7, 11) is 0. The molecule has 0 spiro atoms. The lowest BCUT2D eigenvalue weighted by molar-refractivity contribution is 0.0953. The highest BCUT2D eigenvalue weighted by Gasteiger charge is 2.06. The van der Waals surface area contributed by atoms with E-state index < -0.39 is 0 Å². The molecule has 0 aliphatic rings. The number of nitrogens with one attached hydrogen (secondary N) is 2. The van der Waals surface area contributed by atoms with Gasteiger partial charge in [0, 0.05) is 29.1 Å². The van der Waals surface area contributed by atoms with E-state index in [1.54, 1.807) is 0 Å². The second kappa shape index (κ2) is 7.00. The van der Waals surface area contributed by atoms with E-state index in [0.29, 0.717) is 18.1 Å². The van der Waals surface area contributed by atoms with Gasteiger partial charge >= 0.3 is 0 Å². The number of halogens is 1. The van der Waals surface area contributed by atoms with Gasteiger partial charge in [-0.25, -0.2) is 9.97 Å². The number of hydrogen-bond donors (Lipinski definition) is 2. The second-order valence-electron chi connectivity index (χ2n) is 4.19. The highest BCUT2D eigenvalue weighted by atomic mass is 79.9. The molecule has 0 radical (unpaired) electrons. The van der Waals surface area contributed by atoms with Gasteiger partial charge in [-0.1, -0.05) is 28.9 Å². The normalized spacial score (nSPS) is 10.1. The van der Waals surface area contributed by atoms with Crippen molar-refractivity contribution in [3.05, 3.63) is 46.7 Å². The van der Waals surface area contributed by atoms with Gasteiger partial charge in [-0.15, -0.1) is 0 Å². The molecule has 2 N–H and O–H groups in total. The van der Waals surface area contributed by atoms with Crippen LogP contribution in [0.25, 0.3) is 0 Å². The Kier molecular flexibility index (Phi) is 5.06. The van der Waals surface area contributed by atoms with E-state index in [1.165, 1.54) is 12.4 Å². The van der Waals surface area contributed by atoms with Crippen LogP contribution in [-0.2, 0) is 0 Å². The molecule has 0 fully saturated rings. The topological polar surface area (TPSA) is 66.9 Å². The average molecular weight is 335 g/mol. The smallest absolute Gasteiger partial charge is 0.254 e. The molecule has 2 aromatic rings. The zero-order valence-corrected chi connectivity index (χ0v) is 12.6. The van der Waals surface area contributed by atoms with Crippen LogP contribution in [0.5, 0.6) is 0 Å². The Hall–Kier alpha value is -1.95. The molecule has 1 aromatic carbocycles. The van der Waals surface area contributed by atoms with E-state index in [0.717, 1.165) is 16.6 Å². The fourth-order valence-corrected chi connectivity index (χ4v) is 1.95. The Morgan fingerprint density at radius 1 is 1.30 bits per heavy atom. The standard InChI is InChI=1S/C14H15BrN4O/c1-2-6-16-13(20)10-8-17-14(18-9-10)19-12-5-3-4-11(15)7-12/h3-5,7-9H,2,6H2,1H3,(H,16,20)(H,17,18,19). The molecule has 0 bridgehead atoms. The Labute approximate surface area is 126 Å². The predicted molar refractivity (Wildman–Crippen MR) is 82.1 cm³/mol. The van der Waals surface area contributed by atoms with Crippen molar-refractivity contribution in [3.8, 4) is 0 Å². The predicted octanol–water partition coefficient (Wildman–Crippen LogP) is 3.12. The van der Waals surface area contributed by atoms with E-state index in [9.17, 15) is 4.79 Å². The van der Waals surface area contributed by atoms with E-state index in [1.807, 2.05) is 31.2 Å². The van der Waals surface area contributed by atoms with Gasteiger partial charge in [0.1, 0.15) is 0 Å². The van der Waals surface area contributed by atoms with Crippen molar-refractivity contribution in [1.82, 2.24) is 15.3 Å². The highest BCUT2D eigenvalue weighted by Crippen LogP contribution is 2.18. The first kappa shape index (κ1) is 14.5. The van der Waals surface area contributed by atoms with Gasteiger partial charge < -0.3 is 10.6 Å². The minimum Gasteiger partial charge on any atom is -0.352 e. The molecular weight excluding hydrogens is 320 g/mol. The average Bonchev–Trinajstić information content (AvgIpc) is 2.45. The maximum absolute atomic E-state index is 11.7. The van der Waals surface area contributed by atoms with E-state index in [2.05, 4.69) is 36.5 Å². The highest BCUT2D eigenvalue weighted by molar-refractivity contribution is 9.10. The van der Waals surface area contributed by atoms with Gasteiger partial charge in [-0.2, -0.15) is 0 Å². The molecule has 0 saturated heterocycles. The van der Waals surface area contributed by atoms with Gasteiger partial charge in [0.25, 0.3) is 5.91 Å². The van der Waals surface area contributed by atoms with Crippen molar-refractivity contribution in [2.75, 3.05) is 11.9 Å². The fraction of sp³-hybridized carbons (Fsp3) is 0.214.